The van der Waals surface area contributed by atoms with Crippen molar-refractivity contribution in [2.24, 2.45) is 0 Å². The molecule has 2 aromatic carbocycles. The highest BCUT2D eigenvalue weighted by molar-refractivity contribution is 5.85. The summed E-state index contributed by atoms with van der Waals surface area (Å²) in [5.74, 6) is 0.00463. The van der Waals surface area contributed by atoms with Crippen molar-refractivity contribution in [2.45, 2.75) is 33.1 Å². The third kappa shape index (κ3) is 4.92. The largest absolute Gasteiger partial charge is 0.423 e. The molecule has 0 aliphatic heterocycles. The van der Waals surface area contributed by atoms with Gasteiger partial charge in [-0.2, -0.15) is 0 Å². The van der Waals surface area contributed by atoms with E-state index in [-0.39, 0.29) is 24.3 Å². The molecular weight excluding hydrogens is 384 g/mol. The maximum absolute atomic E-state index is 12.4. The van der Waals surface area contributed by atoms with E-state index in [1.165, 1.54) is 18.2 Å². The van der Waals surface area contributed by atoms with Gasteiger partial charge in [0.1, 0.15) is 11.4 Å². The van der Waals surface area contributed by atoms with E-state index >= 15 is 0 Å². The van der Waals surface area contributed by atoms with Crippen LogP contribution in [-0.4, -0.2) is 23.8 Å². The van der Waals surface area contributed by atoms with Crippen LogP contribution < -0.4 is 10.5 Å². The number of rotatable bonds is 9. The van der Waals surface area contributed by atoms with E-state index in [4.69, 9.17) is 4.42 Å². The molecule has 1 heterocycles. The Morgan fingerprint density at radius 2 is 1.77 bits per heavy atom. The van der Waals surface area contributed by atoms with Crippen LogP contribution in [0.5, 0.6) is 0 Å². The van der Waals surface area contributed by atoms with Crippen molar-refractivity contribution in [3.8, 4) is 0 Å². The van der Waals surface area contributed by atoms with E-state index in [9.17, 15) is 19.7 Å². The van der Waals surface area contributed by atoms with Gasteiger partial charge >= 0.3 is 5.63 Å². The number of carbonyl (C=O) groups is 1. The monoisotopic (exact) mass is 408 g/mol. The van der Waals surface area contributed by atoms with Crippen LogP contribution in [0.3, 0.4) is 0 Å². The van der Waals surface area contributed by atoms with Crippen molar-refractivity contribution in [1.29, 1.82) is 0 Å². The normalized spacial score (nSPS) is 10.9. The minimum Gasteiger partial charge on any atom is -0.423 e. The molecule has 3 rings (SSSR count). The first kappa shape index (κ1) is 21.2. The van der Waals surface area contributed by atoms with Crippen molar-refractivity contribution in [1.82, 2.24) is 0 Å². The number of nitrogens with zero attached hydrogens (tertiary/aromatic N) is 2. The molecule has 0 saturated heterocycles. The quantitative estimate of drug-likeness (QED) is 0.298. The first-order valence-corrected chi connectivity index (χ1v) is 9.98. The molecule has 30 heavy (non-hydrogen) atoms. The maximum atomic E-state index is 12.4. The number of carbonyl (C=O) groups excluding carboxylic acids is 1. The summed E-state index contributed by atoms with van der Waals surface area (Å²) in [6, 6.07) is 13.2. The fraction of sp³-hybridized carbons (Fsp3) is 0.304. The molecule has 0 aliphatic carbocycles. The van der Waals surface area contributed by atoms with E-state index in [0.29, 0.717) is 12.0 Å². The average Bonchev–Trinajstić information content (AvgIpc) is 2.73. The minimum atomic E-state index is -0.469. The molecule has 0 saturated carbocycles. The van der Waals surface area contributed by atoms with E-state index in [2.05, 4.69) is 18.7 Å². The number of hydrogen-bond donors (Lipinski definition) is 0. The summed E-state index contributed by atoms with van der Waals surface area (Å²) in [7, 11) is 0. The smallest absolute Gasteiger partial charge is 0.336 e. The van der Waals surface area contributed by atoms with E-state index in [1.807, 2.05) is 18.2 Å². The van der Waals surface area contributed by atoms with Gasteiger partial charge in [-0.05, 0) is 43.5 Å². The van der Waals surface area contributed by atoms with Crippen LogP contribution in [0.25, 0.3) is 11.0 Å². The van der Waals surface area contributed by atoms with E-state index < -0.39 is 10.5 Å². The van der Waals surface area contributed by atoms with Gasteiger partial charge in [-0.1, -0.05) is 12.1 Å². The average molecular weight is 408 g/mol. The van der Waals surface area contributed by atoms with E-state index in [1.54, 1.807) is 12.1 Å². The second-order valence-electron chi connectivity index (χ2n) is 7.08. The summed E-state index contributed by atoms with van der Waals surface area (Å²) in [6.07, 6.45) is 0.898. The Hall–Kier alpha value is -3.48. The minimum absolute atomic E-state index is 0.00207. The summed E-state index contributed by atoms with van der Waals surface area (Å²) >= 11 is 0. The fourth-order valence-corrected chi connectivity index (χ4v) is 3.54. The predicted octanol–water partition coefficient (Wildman–Crippen LogP) is 4.29. The molecule has 0 radical (unpaired) electrons. The Labute approximate surface area is 174 Å². The van der Waals surface area contributed by atoms with E-state index in [0.717, 1.165) is 35.3 Å². The molecule has 0 aliphatic rings. The molecule has 7 heteroatoms. The Morgan fingerprint density at radius 3 is 2.40 bits per heavy atom. The summed E-state index contributed by atoms with van der Waals surface area (Å²) in [5, 5.41) is 11.6. The number of benzene rings is 2. The first-order chi connectivity index (χ1) is 14.4. The van der Waals surface area contributed by atoms with Crippen molar-refractivity contribution in [3.63, 3.8) is 0 Å². The van der Waals surface area contributed by atoms with Gasteiger partial charge in [0.05, 0.1) is 4.92 Å². The highest BCUT2D eigenvalue weighted by atomic mass is 16.6. The molecule has 0 fully saturated rings. The lowest BCUT2D eigenvalue weighted by atomic mass is 10.0. The lowest BCUT2D eigenvalue weighted by Gasteiger charge is -2.21. The number of nitro groups is 1. The van der Waals surface area contributed by atoms with Gasteiger partial charge in [0.25, 0.3) is 5.69 Å². The van der Waals surface area contributed by atoms with Crippen LogP contribution in [0.2, 0.25) is 0 Å². The zero-order valence-electron chi connectivity index (χ0n) is 17.1. The van der Waals surface area contributed by atoms with Gasteiger partial charge in [-0.3, -0.25) is 14.9 Å². The molecule has 0 N–H and O–H groups in total. The molecule has 156 valence electrons. The highest BCUT2D eigenvalue weighted by Gasteiger charge is 2.12. The van der Waals surface area contributed by atoms with Gasteiger partial charge in [-0.15, -0.1) is 0 Å². The summed E-state index contributed by atoms with van der Waals surface area (Å²) < 4.78 is 5.39. The van der Waals surface area contributed by atoms with Crippen LogP contribution in [0, 0.1) is 10.1 Å². The Bertz CT molecular complexity index is 1110. The van der Waals surface area contributed by atoms with Gasteiger partial charge < -0.3 is 9.32 Å². The molecule has 1 aromatic heterocycles. The van der Waals surface area contributed by atoms with Crippen molar-refractivity contribution >= 4 is 28.1 Å². The zero-order valence-corrected chi connectivity index (χ0v) is 17.1. The van der Waals surface area contributed by atoms with Crippen LogP contribution in [0.4, 0.5) is 11.4 Å². The van der Waals surface area contributed by atoms with Crippen molar-refractivity contribution in [3.05, 3.63) is 80.2 Å². The lowest BCUT2D eigenvalue weighted by Crippen LogP contribution is -2.21. The second kappa shape index (κ2) is 9.35. The number of nitro benzene ring substituents is 1. The summed E-state index contributed by atoms with van der Waals surface area (Å²) in [5.41, 5.74) is 2.58. The Balaban J connectivity index is 1.74. The molecule has 0 unspecified atom stereocenters. The number of non-ortho nitro benzene ring substituents is 1. The van der Waals surface area contributed by atoms with Crippen LogP contribution in [0.1, 0.15) is 31.4 Å². The van der Waals surface area contributed by atoms with Crippen molar-refractivity contribution in [2.75, 3.05) is 18.0 Å². The number of anilines is 1. The summed E-state index contributed by atoms with van der Waals surface area (Å²) in [4.78, 5) is 36.9. The molecule has 0 atom stereocenters. The molecule has 7 nitrogen and oxygen atoms in total. The molecule has 3 aromatic rings. The first-order valence-electron chi connectivity index (χ1n) is 9.98. The SMILES string of the molecule is CCN(CC)c1ccc2c(CCC(=O)Cc3ccc([N+](=O)[O-])cc3)cc(=O)oc2c1. The summed E-state index contributed by atoms with van der Waals surface area (Å²) in [6.45, 7) is 5.83. The van der Waals surface area contributed by atoms with Crippen LogP contribution in [-0.2, 0) is 17.6 Å². The maximum Gasteiger partial charge on any atom is 0.336 e. The fourth-order valence-electron chi connectivity index (χ4n) is 3.54. The predicted molar refractivity (Wildman–Crippen MR) is 116 cm³/mol. The zero-order chi connectivity index (χ0) is 21.7. The van der Waals surface area contributed by atoms with Crippen LogP contribution in [0.15, 0.2) is 57.7 Å². The highest BCUT2D eigenvalue weighted by Crippen LogP contribution is 2.24. The molecule has 0 spiro atoms. The molecule has 0 amide bonds. The third-order valence-electron chi connectivity index (χ3n) is 5.16. The second-order valence-corrected chi connectivity index (χ2v) is 7.08. The lowest BCUT2D eigenvalue weighted by molar-refractivity contribution is -0.384. The molecule has 0 bridgehead atoms. The molecular formula is C23H24N2O5. The third-order valence-corrected chi connectivity index (χ3v) is 5.16. The van der Waals surface area contributed by atoms with Gasteiger partial charge in [-0.25, -0.2) is 4.79 Å². The van der Waals surface area contributed by atoms with Gasteiger partial charge in [0.15, 0.2) is 0 Å². The Morgan fingerprint density at radius 1 is 1.07 bits per heavy atom. The number of hydrogen-bond acceptors (Lipinski definition) is 6. The topological polar surface area (TPSA) is 93.7 Å². The van der Waals surface area contributed by atoms with Crippen molar-refractivity contribution < 1.29 is 14.1 Å². The number of ketones is 1. The number of Topliss-reactive ketones (excluding diaryl/α,β-unsaturated/α-hetero) is 1. The standard InChI is InChI=1S/C23H24N2O5/c1-3-24(4-2)19-10-12-21-17(14-23(27)30-22(21)15-19)7-11-20(26)13-16-5-8-18(9-6-16)25(28)29/h5-6,8-10,12,14-15H,3-4,7,11,13H2,1-2H3. The van der Waals surface area contributed by atoms with Crippen LogP contribution >= 0.6 is 0 Å². The number of fused-ring (bicyclic) bond motifs is 1. The number of aryl methyl sites for hydroxylation is 1. The van der Waals surface area contributed by atoms with Gasteiger partial charge in [0.2, 0.25) is 0 Å². The Kier molecular flexibility index (Phi) is 6.61. The van der Waals surface area contributed by atoms with Gasteiger partial charge in [0, 0.05) is 61.3 Å².